The molecular weight excluding hydrogens is 242 g/mol. The van der Waals surface area contributed by atoms with Gasteiger partial charge in [-0.15, -0.1) is 0 Å². The van der Waals surface area contributed by atoms with Crippen LogP contribution in [-0.2, 0) is 0 Å². The monoisotopic (exact) mass is 261 g/mol. The van der Waals surface area contributed by atoms with Crippen LogP contribution in [0.1, 0.15) is 48.9 Å². The van der Waals surface area contributed by atoms with Gasteiger partial charge in [-0.1, -0.05) is 12.8 Å². The van der Waals surface area contributed by atoms with Gasteiger partial charge in [0.25, 0.3) is 0 Å². The first-order valence-electron chi connectivity index (χ1n) is 7.07. The van der Waals surface area contributed by atoms with E-state index in [1.54, 1.807) is 0 Å². The second kappa shape index (κ2) is 5.15. The normalized spacial score (nSPS) is 26.8. The number of carbonyl (C=O) groups is 1. The minimum atomic E-state index is -0.937. The van der Waals surface area contributed by atoms with E-state index in [1.807, 2.05) is 0 Å². The minimum Gasteiger partial charge on any atom is -0.477 e. The van der Waals surface area contributed by atoms with E-state index < -0.39 is 5.97 Å². The first-order valence-corrected chi connectivity index (χ1v) is 7.07. The number of aromatic carboxylic acids is 1. The second-order valence-corrected chi connectivity index (χ2v) is 5.51. The Kier molecular flexibility index (Phi) is 3.36. The van der Waals surface area contributed by atoms with Crippen molar-refractivity contribution in [2.45, 2.75) is 44.6 Å². The molecule has 0 spiro atoms. The highest BCUT2D eigenvalue weighted by Crippen LogP contribution is 2.37. The summed E-state index contributed by atoms with van der Waals surface area (Å²) >= 11 is 0. The number of anilines is 1. The van der Waals surface area contributed by atoms with Crippen LogP contribution in [0.5, 0.6) is 0 Å². The highest BCUT2D eigenvalue weighted by atomic mass is 16.4. The maximum Gasteiger partial charge on any atom is 0.341 e. The number of hydrogen-bond acceptors (Lipinski definition) is 4. The quantitative estimate of drug-likeness (QED) is 0.885. The Morgan fingerprint density at radius 1 is 1.26 bits per heavy atom. The minimum absolute atomic E-state index is 0.230. The fourth-order valence-electron chi connectivity index (χ4n) is 3.59. The number of fused-ring (bicyclic) bond motifs is 1. The fourth-order valence-corrected chi connectivity index (χ4v) is 3.59. The number of carboxylic acids is 1. The Hall–Kier alpha value is -1.65. The van der Waals surface area contributed by atoms with Gasteiger partial charge >= 0.3 is 5.97 Å². The molecule has 102 valence electrons. The maximum absolute atomic E-state index is 11.3. The molecule has 2 atom stereocenters. The molecule has 1 aromatic rings. The third-order valence-corrected chi connectivity index (χ3v) is 4.44. The number of aromatic nitrogens is 2. The lowest BCUT2D eigenvalue weighted by molar-refractivity contribution is 0.0696. The summed E-state index contributed by atoms with van der Waals surface area (Å²) < 4.78 is 0. The molecule has 19 heavy (non-hydrogen) atoms. The van der Waals surface area contributed by atoms with Crippen molar-refractivity contribution in [3.63, 3.8) is 0 Å². The molecule has 1 aliphatic heterocycles. The zero-order valence-electron chi connectivity index (χ0n) is 11.0. The van der Waals surface area contributed by atoms with Gasteiger partial charge in [0.1, 0.15) is 17.7 Å². The standard InChI is InChI=1S/C14H19N3O2/c18-14(19)11-8-15-9-16-13(11)17-7-3-5-10-4-1-2-6-12(10)17/h8-10,12H,1-7H2,(H,18,19)/t10-,12-/m1/s1. The van der Waals surface area contributed by atoms with E-state index in [2.05, 4.69) is 14.9 Å². The molecule has 1 aromatic heterocycles. The van der Waals surface area contributed by atoms with E-state index in [-0.39, 0.29) is 5.56 Å². The molecule has 3 rings (SSSR count). The first kappa shape index (κ1) is 12.4. The Bertz CT molecular complexity index is 476. The average molecular weight is 261 g/mol. The molecule has 2 fully saturated rings. The van der Waals surface area contributed by atoms with Crippen molar-refractivity contribution in [2.75, 3.05) is 11.4 Å². The molecule has 2 aliphatic rings. The molecule has 1 saturated carbocycles. The molecule has 1 aliphatic carbocycles. The zero-order valence-corrected chi connectivity index (χ0v) is 11.0. The van der Waals surface area contributed by atoms with Gasteiger partial charge in [-0.05, 0) is 31.6 Å². The molecule has 5 heteroatoms. The van der Waals surface area contributed by atoms with E-state index in [0.717, 1.165) is 19.4 Å². The number of hydrogen-bond donors (Lipinski definition) is 1. The van der Waals surface area contributed by atoms with E-state index in [9.17, 15) is 9.90 Å². The van der Waals surface area contributed by atoms with Crippen LogP contribution in [0.4, 0.5) is 5.82 Å². The Balaban J connectivity index is 1.94. The predicted molar refractivity (Wildman–Crippen MR) is 71.3 cm³/mol. The van der Waals surface area contributed by atoms with E-state index in [4.69, 9.17) is 0 Å². The number of piperidine rings is 1. The molecule has 1 saturated heterocycles. The summed E-state index contributed by atoms with van der Waals surface area (Å²) in [6, 6.07) is 0.468. The van der Waals surface area contributed by atoms with Crippen LogP contribution in [0.3, 0.4) is 0 Å². The third kappa shape index (κ3) is 2.29. The number of nitrogens with zero attached hydrogens (tertiary/aromatic N) is 3. The molecule has 1 N–H and O–H groups in total. The van der Waals surface area contributed by atoms with Crippen molar-refractivity contribution in [1.82, 2.24) is 9.97 Å². The molecule has 0 bridgehead atoms. The SMILES string of the molecule is O=C(O)c1cncnc1N1CCC[C@H]2CCCC[C@H]21. The van der Waals surface area contributed by atoms with Crippen molar-refractivity contribution < 1.29 is 9.90 Å². The zero-order chi connectivity index (χ0) is 13.2. The lowest BCUT2D eigenvalue weighted by Crippen LogP contribution is -2.47. The molecule has 0 unspecified atom stereocenters. The maximum atomic E-state index is 11.3. The van der Waals surface area contributed by atoms with Gasteiger partial charge in [-0.2, -0.15) is 0 Å². The largest absolute Gasteiger partial charge is 0.477 e. The van der Waals surface area contributed by atoms with Crippen LogP contribution in [0, 0.1) is 5.92 Å². The Morgan fingerprint density at radius 3 is 2.89 bits per heavy atom. The van der Waals surface area contributed by atoms with Gasteiger partial charge in [0.15, 0.2) is 0 Å². The summed E-state index contributed by atoms with van der Waals surface area (Å²) in [5.41, 5.74) is 0.230. The lowest BCUT2D eigenvalue weighted by atomic mass is 9.78. The van der Waals surface area contributed by atoms with Crippen LogP contribution in [0.15, 0.2) is 12.5 Å². The Labute approximate surface area is 112 Å². The van der Waals surface area contributed by atoms with Crippen LogP contribution >= 0.6 is 0 Å². The van der Waals surface area contributed by atoms with E-state index >= 15 is 0 Å². The van der Waals surface area contributed by atoms with Crippen molar-refractivity contribution >= 4 is 11.8 Å². The van der Waals surface area contributed by atoms with Crippen molar-refractivity contribution in [3.05, 3.63) is 18.1 Å². The van der Waals surface area contributed by atoms with Gasteiger partial charge in [0.2, 0.25) is 0 Å². The Morgan fingerprint density at radius 2 is 2.05 bits per heavy atom. The summed E-state index contributed by atoms with van der Waals surface area (Å²) in [6.45, 7) is 0.915. The first-order chi connectivity index (χ1) is 9.27. The molecule has 5 nitrogen and oxygen atoms in total. The molecule has 2 heterocycles. The van der Waals surface area contributed by atoms with Crippen molar-refractivity contribution in [3.8, 4) is 0 Å². The van der Waals surface area contributed by atoms with Crippen LogP contribution in [0.2, 0.25) is 0 Å². The smallest absolute Gasteiger partial charge is 0.341 e. The average Bonchev–Trinajstić information content (AvgIpc) is 2.46. The van der Waals surface area contributed by atoms with Gasteiger partial charge in [0.05, 0.1) is 0 Å². The van der Waals surface area contributed by atoms with Crippen molar-refractivity contribution in [1.29, 1.82) is 0 Å². The van der Waals surface area contributed by atoms with Gasteiger partial charge in [0, 0.05) is 18.8 Å². The van der Waals surface area contributed by atoms with Gasteiger partial charge < -0.3 is 10.0 Å². The summed E-state index contributed by atoms with van der Waals surface area (Å²) in [5.74, 6) is 0.381. The van der Waals surface area contributed by atoms with Crippen LogP contribution in [-0.4, -0.2) is 33.6 Å². The van der Waals surface area contributed by atoms with Crippen molar-refractivity contribution in [2.24, 2.45) is 5.92 Å². The van der Waals surface area contributed by atoms with E-state index in [0.29, 0.717) is 17.8 Å². The fraction of sp³-hybridized carbons (Fsp3) is 0.643. The topological polar surface area (TPSA) is 66.3 Å². The van der Waals surface area contributed by atoms with Crippen LogP contribution in [0.25, 0.3) is 0 Å². The van der Waals surface area contributed by atoms with E-state index in [1.165, 1.54) is 38.2 Å². The number of rotatable bonds is 2. The summed E-state index contributed by atoms with van der Waals surface area (Å²) in [6.07, 6.45) is 10.3. The lowest BCUT2D eigenvalue weighted by Gasteiger charge is -2.45. The highest BCUT2D eigenvalue weighted by Gasteiger charge is 2.35. The molecule has 0 aromatic carbocycles. The molecular formula is C14H19N3O2. The predicted octanol–water partition coefficient (Wildman–Crippen LogP) is 2.33. The van der Waals surface area contributed by atoms with Gasteiger partial charge in [-0.3, -0.25) is 0 Å². The molecule has 0 radical (unpaired) electrons. The second-order valence-electron chi connectivity index (χ2n) is 5.51. The summed E-state index contributed by atoms with van der Waals surface area (Å²) in [4.78, 5) is 21.6. The third-order valence-electron chi connectivity index (χ3n) is 4.44. The van der Waals surface area contributed by atoms with Gasteiger partial charge in [-0.25, -0.2) is 14.8 Å². The van der Waals surface area contributed by atoms with Crippen LogP contribution < -0.4 is 4.90 Å². The summed E-state index contributed by atoms with van der Waals surface area (Å²) in [7, 11) is 0. The summed E-state index contributed by atoms with van der Waals surface area (Å²) in [5, 5.41) is 9.29. The molecule has 0 amide bonds. The number of carboxylic acid groups (broad SMARTS) is 1. The highest BCUT2D eigenvalue weighted by molar-refractivity contribution is 5.92.